The van der Waals surface area contributed by atoms with E-state index in [-0.39, 0.29) is 11.6 Å². The Balaban J connectivity index is 1.85. The first kappa shape index (κ1) is 23.0. The SMILES string of the molecule is CCC(c1nc2ccccc2c(=O)n1-c1ccc(OC)cc1)N(CC)C(=O)Nc1ccccc1. The van der Waals surface area contributed by atoms with Crippen LogP contribution in [-0.2, 0) is 0 Å². The summed E-state index contributed by atoms with van der Waals surface area (Å²) in [5.74, 6) is 1.21. The van der Waals surface area contributed by atoms with Crippen LogP contribution in [0.25, 0.3) is 16.6 Å². The summed E-state index contributed by atoms with van der Waals surface area (Å²) in [5, 5.41) is 3.48. The quantitative estimate of drug-likeness (QED) is 0.404. The van der Waals surface area contributed by atoms with Crippen LogP contribution in [0.1, 0.15) is 32.1 Å². The van der Waals surface area contributed by atoms with Gasteiger partial charge in [0.05, 0.1) is 29.7 Å². The summed E-state index contributed by atoms with van der Waals surface area (Å²) in [6.07, 6.45) is 0.580. The number of hydrogen-bond donors (Lipinski definition) is 1. The molecule has 0 fully saturated rings. The number of fused-ring (bicyclic) bond motifs is 1. The van der Waals surface area contributed by atoms with Gasteiger partial charge in [-0.2, -0.15) is 0 Å². The third-order valence-electron chi connectivity index (χ3n) is 5.82. The highest BCUT2D eigenvalue weighted by atomic mass is 16.5. The predicted octanol–water partition coefficient (Wildman–Crippen LogP) is 5.40. The van der Waals surface area contributed by atoms with Crippen molar-refractivity contribution in [1.82, 2.24) is 14.5 Å². The van der Waals surface area contributed by atoms with Crippen molar-refractivity contribution in [2.75, 3.05) is 19.0 Å². The highest BCUT2D eigenvalue weighted by molar-refractivity contribution is 5.89. The lowest BCUT2D eigenvalue weighted by molar-refractivity contribution is 0.185. The lowest BCUT2D eigenvalue weighted by atomic mass is 10.1. The fourth-order valence-corrected chi connectivity index (χ4v) is 4.12. The van der Waals surface area contributed by atoms with E-state index in [1.807, 2.05) is 74.5 Å². The number of aromatic nitrogens is 2. The van der Waals surface area contributed by atoms with Crippen LogP contribution >= 0.6 is 0 Å². The Labute approximate surface area is 198 Å². The maximum Gasteiger partial charge on any atom is 0.322 e. The average Bonchev–Trinajstić information content (AvgIpc) is 2.88. The third kappa shape index (κ3) is 4.50. The normalized spacial score (nSPS) is 11.7. The summed E-state index contributed by atoms with van der Waals surface area (Å²) < 4.78 is 6.89. The van der Waals surface area contributed by atoms with Crippen molar-refractivity contribution >= 4 is 22.6 Å². The summed E-state index contributed by atoms with van der Waals surface area (Å²) in [6, 6.07) is 23.2. The van der Waals surface area contributed by atoms with Crippen LogP contribution < -0.4 is 15.6 Å². The molecule has 1 N–H and O–H groups in total. The van der Waals surface area contributed by atoms with Gasteiger partial charge >= 0.3 is 6.03 Å². The molecule has 1 atom stereocenters. The molecule has 1 aromatic heterocycles. The van der Waals surface area contributed by atoms with E-state index in [1.54, 1.807) is 34.8 Å². The van der Waals surface area contributed by atoms with Crippen LogP contribution in [0.2, 0.25) is 0 Å². The topological polar surface area (TPSA) is 76.5 Å². The molecule has 3 aromatic carbocycles. The zero-order chi connectivity index (χ0) is 24.1. The number of carbonyl (C=O) groups is 1. The Morgan fingerprint density at radius 2 is 1.68 bits per heavy atom. The minimum atomic E-state index is -0.423. The third-order valence-corrected chi connectivity index (χ3v) is 5.82. The van der Waals surface area contributed by atoms with Gasteiger partial charge in [-0.1, -0.05) is 37.3 Å². The molecule has 4 aromatic rings. The van der Waals surface area contributed by atoms with Crippen LogP contribution in [0.15, 0.2) is 83.7 Å². The molecule has 174 valence electrons. The maximum absolute atomic E-state index is 13.7. The van der Waals surface area contributed by atoms with Gasteiger partial charge in [0.1, 0.15) is 11.6 Å². The number of carbonyl (C=O) groups excluding carboxylic acids is 1. The number of nitrogens with one attached hydrogen (secondary N) is 1. The Bertz CT molecular complexity index is 1330. The number of ether oxygens (including phenoxy) is 1. The van der Waals surface area contributed by atoms with Crippen LogP contribution in [0, 0.1) is 0 Å². The standard InChI is InChI=1S/C27H28N4O3/c1-4-24(30(5-2)27(33)28-19-11-7-6-8-12-19)25-29-23-14-10-9-13-22(23)26(32)31(25)20-15-17-21(34-3)18-16-20/h6-18,24H,4-5H2,1-3H3,(H,28,33). The highest BCUT2D eigenvalue weighted by Crippen LogP contribution is 2.27. The van der Waals surface area contributed by atoms with Gasteiger partial charge in [-0.3, -0.25) is 9.36 Å². The molecule has 7 nitrogen and oxygen atoms in total. The zero-order valence-corrected chi connectivity index (χ0v) is 19.6. The van der Waals surface area contributed by atoms with Gasteiger partial charge in [0.2, 0.25) is 0 Å². The first-order valence-corrected chi connectivity index (χ1v) is 11.4. The Morgan fingerprint density at radius 1 is 1.00 bits per heavy atom. The van der Waals surface area contributed by atoms with Gasteiger partial charge in [-0.25, -0.2) is 9.78 Å². The second-order valence-corrected chi connectivity index (χ2v) is 7.83. The summed E-state index contributed by atoms with van der Waals surface area (Å²) in [7, 11) is 1.60. The summed E-state index contributed by atoms with van der Waals surface area (Å²) >= 11 is 0. The molecule has 2 amide bonds. The number of urea groups is 1. The molecular formula is C27H28N4O3. The number of hydrogen-bond acceptors (Lipinski definition) is 4. The lowest BCUT2D eigenvalue weighted by Crippen LogP contribution is -2.40. The number of benzene rings is 3. The molecule has 1 heterocycles. The second-order valence-electron chi connectivity index (χ2n) is 7.83. The van der Waals surface area contributed by atoms with E-state index in [4.69, 9.17) is 9.72 Å². The van der Waals surface area contributed by atoms with Gasteiger partial charge in [0.15, 0.2) is 0 Å². The molecule has 34 heavy (non-hydrogen) atoms. The number of anilines is 1. The molecule has 1 unspecified atom stereocenters. The van der Waals surface area contributed by atoms with E-state index < -0.39 is 6.04 Å². The fraction of sp³-hybridized carbons (Fsp3) is 0.222. The number of rotatable bonds is 7. The van der Waals surface area contributed by atoms with Crippen molar-refractivity contribution in [1.29, 1.82) is 0 Å². The van der Waals surface area contributed by atoms with Gasteiger partial charge in [0.25, 0.3) is 5.56 Å². The minimum absolute atomic E-state index is 0.177. The Morgan fingerprint density at radius 3 is 2.32 bits per heavy atom. The molecular weight excluding hydrogens is 428 g/mol. The van der Waals surface area contributed by atoms with Gasteiger partial charge in [-0.15, -0.1) is 0 Å². The van der Waals surface area contributed by atoms with Crippen LogP contribution in [-0.4, -0.2) is 34.1 Å². The summed E-state index contributed by atoms with van der Waals surface area (Å²) in [4.78, 5) is 33.6. The fourth-order valence-electron chi connectivity index (χ4n) is 4.12. The van der Waals surface area contributed by atoms with E-state index in [2.05, 4.69) is 5.32 Å². The number of methoxy groups -OCH3 is 1. The van der Waals surface area contributed by atoms with E-state index >= 15 is 0 Å². The highest BCUT2D eigenvalue weighted by Gasteiger charge is 2.28. The number of para-hydroxylation sites is 2. The predicted molar refractivity (Wildman–Crippen MR) is 135 cm³/mol. The molecule has 7 heteroatoms. The largest absolute Gasteiger partial charge is 0.497 e. The van der Waals surface area contributed by atoms with Crippen molar-refractivity contribution in [2.45, 2.75) is 26.3 Å². The first-order chi connectivity index (χ1) is 16.6. The van der Waals surface area contributed by atoms with E-state index in [1.165, 1.54) is 0 Å². The molecule has 0 bridgehead atoms. The van der Waals surface area contributed by atoms with E-state index in [9.17, 15) is 9.59 Å². The first-order valence-electron chi connectivity index (χ1n) is 11.4. The zero-order valence-electron chi connectivity index (χ0n) is 19.6. The average molecular weight is 457 g/mol. The molecule has 0 aliphatic rings. The van der Waals surface area contributed by atoms with Crippen molar-refractivity contribution < 1.29 is 9.53 Å². The molecule has 0 spiro atoms. The Kier molecular flexibility index (Phi) is 6.92. The smallest absolute Gasteiger partial charge is 0.322 e. The van der Waals surface area contributed by atoms with Crippen molar-refractivity contribution in [3.63, 3.8) is 0 Å². The van der Waals surface area contributed by atoms with Gasteiger partial charge in [0, 0.05) is 12.2 Å². The molecule has 0 aliphatic heterocycles. The number of amides is 2. The monoisotopic (exact) mass is 456 g/mol. The maximum atomic E-state index is 13.7. The van der Waals surface area contributed by atoms with E-state index in [0.717, 1.165) is 0 Å². The van der Waals surface area contributed by atoms with Gasteiger partial charge in [-0.05, 0) is 61.9 Å². The number of nitrogens with zero attached hydrogens (tertiary/aromatic N) is 3. The van der Waals surface area contributed by atoms with Crippen LogP contribution in [0.5, 0.6) is 5.75 Å². The lowest BCUT2D eigenvalue weighted by Gasteiger charge is -2.31. The second kappa shape index (κ2) is 10.2. The van der Waals surface area contributed by atoms with Crippen LogP contribution in [0.4, 0.5) is 10.5 Å². The van der Waals surface area contributed by atoms with Gasteiger partial charge < -0.3 is 15.0 Å². The van der Waals surface area contributed by atoms with Crippen molar-refractivity contribution in [3.8, 4) is 11.4 Å². The van der Waals surface area contributed by atoms with Crippen molar-refractivity contribution in [2.24, 2.45) is 0 Å². The van der Waals surface area contributed by atoms with Crippen LogP contribution in [0.3, 0.4) is 0 Å². The summed E-state index contributed by atoms with van der Waals surface area (Å²) in [6.45, 7) is 4.36. The molecule has 4 rings (SSSR count). The molecule has 0 saturated heterocycles. The summed E-state index contributed by atoms with van der Waals surface area (Å²) in [5.41, 5.74) is 1.80. The van der Waals surface area contributed by atoms with Crippen molar-refractivity contribution in [3.05, 3.63) is 95.0 Å². The van der Waals surface area contributed by atoms with E-state index in [0.29, 0.717) is 46.8 Å². The minimum Gasteiger partial charge on any atom is -0.497 e. The molecule has 0 radical (unpaired) electrons. The molecule has 0 saturated carbocycles. The Hall–Kier alpha value is -4.13. The molecule has 0 aliphatic carbocycles.